The molecule has 1 aromatic heterocycles. The largest absolute Gasteiger partial charge is 0.355 e. The highest BCUT2D eigenvalue weighted by molar-refractivity contribution is 7.99. The number of hydrogen-bond acceptors (Lipinski definition) is 5. The van der Waals surface area contributed by atoms with Crippen molar-refractivity contribution < 1.29 is 13.2 Å². The monoisotopic (exact) mass is 385 g/mol. The zero-order valence-corrected chi connectivity index (χ0v) is 16.5. The molecule has 8 heteroatoms. The third-order valence-corrected chi connectivity index (χ3v) is 6.88. The molecule has 1 aliphatic rings. The van der Waals surface area contributed by atoms with Gasteiger partial charge in [-0.2, -0.15) is 4.31 Å². The molecule has 1 aromatic rings. The first kappa shape index (κ1) is 20.2. The summed E-state index contributed by atoms with van der Waals surface area (Å²) in [5, 5.41) is 3.52. The summed E-state index contributed by atoms with van der Waals surface area (Å²) in [6.07, 6.45) is 5.25. The van der Waals surface area contributed by atoms with E-state index in [0.29, 0.717) is 30.6 Å². The van der Waals surface area contributed by atoms with E-state index < -0.39 is 10.0 Å². The van der Waals surface area contributed by atoms with Crippen LogP contribution in [0.1, 0.15) is 39.5 Å². The van der Waals surface area contributed by atoms with Crippen LogP contribution in [0, 0.1) is 5.92 Å². The summed E-state index contributed by atoms with van der Waals surface area (Å²) in [6, 6.07) is 3.25. The Balaban J connectivity index is 1.86. The maximum atomic E-state index is 12.6. The number of piperidine rings is 1. The molecule has 1 fully saturated rings. The molecule has 1 aliphatic heterocycles. The molecule has 0 spiro atoms. The Labute approximate surface area is 154 Å². The number of carbonyl (C=O) groups is 1. The van der Waals surface area contributed by atoms with Crippen molar-refractivity contribution in [2.75, 3.05) is 25.4 Å². The minimum Gasteiger partial charge on any atom is -0.355 e. The van der Waals surface area contributed by atoms with Gasteiger partial charge in [0.25, 0.3) is 0 Å². The number of hydrogen-bond donors (Lipinski definition) is 1. The van der Waals surface area contributed by atoms with E-state index in [0.717, 1.165) is 25.7 Å². The maximum Gasteiger partial charge on any atom is 0.244 e. The summed E-state index contributed by atoms with van der Waals surface area (Å²) < 4.78 is 26.6. The fourth-order valence-corrected chi connectivity index (χ4v) is 4.69. The van der Waals surface area contributed by atoms with Crippen LogP contribution in [0.5, 0.6) is 0 Å². The smallest absolute Gasteiger partial charge is 0.244 e. The molecule has 0 saturated carbocycles. The van der Waals surface area contributed by atoms with E-state index in [1.54, 1.807) is 12.1 Å². The number of nitrogens with zero attached hydrogens (tertiary/aromatic N) is 2. The van der Waals surface area contributed by atoms with Crippen LogP contribution in [0.2, 0.25) is 0 Å². The highest BCUT2D eigenvalue weighted by atomic mass is 32.2. The van der Waals surface area contributed by atoms with Crippen molar-refractivity contribution in [2.45, 2.75) is 49.5 Å². The van der Waals surface area contributed by atoms with E-state index in [-0.39, 0.29) is 16.6 Å². The lowest BCUT2D eigenvalue weighted by Crippen LogP contribution is -2.35. The SMILES string of the molecule is CC(C)CCNC(=O)CSc1ccc(S(=O)(=O)N2CCCCC2)cn1. The molecule has 1 N–H and O–H groups in total. The number of carbonyl (C=O) groups excluding carboxylic acids is 1. The summed E-state index contributed by atoms with van der Waals surface area (Å²) in [4.78, 5) is 16.2. The Morgan fingerprint density at radius 3 is 2.60 bits per heavy atom. The molecule has 140 valence electrons. The van der Waals surface area contributed by atoms with Crippen molar-refractivity contribution in [1.82, 2.24) is 14.6 Å². The highest BCUT2D eigenvalue weighted by Gasteiger charge is 2.26. The average Bonchev–Trinajstić information content (AvgIpc) is 2.61. The van der Waals surface area contributed by atoms with Crippen molar-refractivity contribution >= 4 is 27.7 Å². The molecular formula is C17H27N3O3S2. The van der Waals surface area contributed by atoms with Crippen LogP contribution in [0.25, 0.3) is 0 Å². The lowest BCUT2D eigenvalue weighted by atomic mass is 10.1. The maximum absolute atomic E-state index is 12.6. The van der Waals surface area contributed by atoms with Gasteiger partial charge >= 0.3 is 0 Å². The molecule has 1 saturated heterocycles. The molecule has 25 heavy (non-hydrogen) atoms. The van der Waals surface area contributed by atoms with E-state index in [4.69, 9.17) is 0 Å². The van der Waals surface area contributed by atoms with Gasteiger partial charge in [0.1, 0.15) is 4.90 Å². The van der Waals surface area contributed by atoms with Gasteiger partial charge < -0.3 is 5.32 Å². The average molecular weight is 386 g/mol. The number of thioether (sulfide) groups is 1. The van der Waals surface area contributed by atoms with Crippen LogP contribution in [0.15, 0.2) is 28.3 Å². The summed E-state index contributed by atoms with van der Waals surface area (Å²) >= 11 is 1.31. The number of sulfonamides is 1. The van der Waals surface area contributed by atoms with Crippen LogP contribution in [-0.4, -0.2) is 49.0 Å². The Morgan fingerprint density at radius 2 is 2.00 bits per heavy atom. The van der Waals surface area contributed by atoms with Gasteiger partial charge in [0, 0.05) is 25.8 Å². The number of rotatable bonds is 8. The first-order chi connectivity index (χ1) is 11.9. The second kappa shape index (κ2) is 9.54. The van der Waals surface area contributed by atoms with Gasteiger partial charge in [-0.1, -0.05) is 32.0 Å². The van der Waals surface area contributed by atoms with Crippen molar-refractivity contribution in [2.24, 2.45) is 5.92 Å². The predicted molar refractivity (Wildman–Crippen MR) is 100 cm³/mol. The Morgan fingerprint density at radius 1 is 1.28 bits per heavy atom. The molecule has 0 aromatic carbocycles. The summed E-state index contributed by atoms with van der Waals surface area (Å²) in [5.74, 6) is 0.810. The number of aromatic nitrogens is 1. The second-order valence-electron chi connectivity index (χ2n) is 6.62. The molecule has 0 unspecified atom stereocenters. The number of amides is 1. The van der Waals surface area contributed by atoms with Crippen LogP contribution in [0.3, 0.4) is 0 Å². The Bertz CT molecular complexity index is 654. The van der Waals surface area contributed by atoms with Crippen LogP contribution < -0.4 is 5.32 Å². The van der Waals surface area contributed by atoms with E-state index >= 15 is 0 Å². The van der Waals surface area contributed by atoms with Crippen molar-refractivity contribution in [3.8, 4) is 0 Å². The first-order valence-electron chi connectivity index (χ1n) is 8.75. The minimum absolute atomic E-state index is 0.0301. The third kappa shape index (κ3) is 6.27. The lowest BCUT2D eigenvalue weighted by molar-refractivity contribution is -0.118. The molecule has 0 radical (unpaired) electrons. The van der Waals surface area contributed by atoms with Crippen molar-refractivity contribution in [1.29, 1.82) is 0 Å². The summed E-state index contributed by atoms with van der Waals surface area (Å²) in [5.41, 5.74) is 0. The van der Waals surface area contributed by atoms with Gasteiger partial charge in [-0.15, -0.1) is 0 Å². The standard InChI is InChI=1S/C17H27N3O3S2/c1-14(2)8-9-18-16(21)13-24-17-7-6-15(12-19-17)25(22,23)20-10-4-3-5-11-20/h6-7,12,14H,3-5,8-11,13H2,1-2H3,(H,18,21). The Kier molecular flexibility index (Phi) is 7.71. The normalized spacial score (nSPS) is 16.1. The highest BCUT2D eigenvalue weighted by Crippen LogP contribution is 2.22. The van der Waals surface area contributed by atoms with E-state index in [1.807, 2.05) is 0 Å². The zero-order valence-electron chi connectivity index (χ0n) is 14.9. The van der Waals surface area contributed by atoms with Gasteiger partial charge in [0.15, 0.2) is 0 Å². The van der Waals surface area contributed by atoms with Crippen LogP contribution in [-0.2, 0) is 14.8 Å². The number of pyridine rings is 1. The van der Waals surface area contributed by atoms with E-state index in [1.165, 1.54) is 22.3 Å². The predicted octanol–water partition coefficient (Wildman–Crippen LogP) is 2.51. The zero-order chi connectivity index (χ0) is 18.3. The quantitative estimate of drug-likeness (QED) is 0.696. The molecular weight excluding hydrogens is 358 g/mol. The molecule has 0 atom stereocenters. The van der Waals surface area contributed by atoms with Gasteiger partial charge in [0.05, 0.1) is 10.8 Å². The number of nitrogens with one attached hydrogen (secondary N) is 1. The van der Waals surface area contributed by atoms with E-state index in [2.05, 4.69) is 24.1 Å². The van der Waals surface area contributed by atoms with Crippen LogP contribution in [0.4, 0.5) is 0 Å². The second-order valence-corrected chi connectivity index (χ2v) is 9.55. The van der Waals surface area contributed by atoms with Crippen molar-refractivity contribution in [3.05, 3.63) is 18.3 Å². The van der Waals surface area contributed by atoms with Gasteiger partial charge in [-0.25, -0.2) is 13.4 Å². The minimum atomic E-state index is -3.45. The lowest BCUT2D eigenvalue weighted by Gasteiger charge is -2.25. The molecule has 0 bridgehead atoms. The van der Waals surface area contributed by atoms with Gasteiger partial charge in [-0.3, -0.25) is 4.79 Å². The van der Waals surface area contributed by atoms with Gasteiger partial charge in [0.2, 0.25) is 15.9 Å². The topological polar surface area (TPSA) is 79.4 Å². The third-order valence-electron chi connectivity index (χ3n) is 4.06. The molecule has 2 rings (SSSR count). The molecule has 6 nitrogen and oxygen atoms in total. The Hall–Kier alpha value is -1.12. The fraction of sp³-hybridized carbons (Fsp3) is 0.647. The summed E-state index contributed by atoms with van der Waals surface area (Å²) in [6.45, 7) is 6.07. The van der Waals surface area contributed by atoms with Crippen molar-refractivity contribution in [3.63, 3.8) is 0 Å². The molecule has 0 aliphatic carbocycles. The first-order valence-corrected chi connectivity index (χ1v) is 11.2. The summed E-state index contributed by atoms with van der Waals surface area (Å²) in [7, 11) is -3.45. The fourth-order valence-electron chi connectivity index (χ4n) is 2.55. The van der Waals surface area contributed by atoms with Gasteiger partial charge in [-0.05, 0) is 37.3 Å². The molecule has 2 heterocycles. The van der Waals surface area contributed by atoms with Crippen LogP contribution >= 0.6 is 11.8 Å². The molecule has 1 amide bonds. The van der Waals surface area contributed by atoms with E-state index in [9.17, 15) is 13.2 Å².